The van der Waals surface area contributed by atoms with E-state index in [0.29, 0.717) is 0 Å². The lowest BCUT2D eigenvalue weighted by Crippen LogP contribution is -2.45. The predicted molar refractivity (Wildman–Crippen MR) is 171 cm³/mol. The largest absolute Gasteiger partial charge is 0.414 e. The van der Waals surface area contributed by atoms with E-state index in [1.165, 1.54) is 0 Å². The fourth-order valence-electron chi connectivity index (χ4n) is 5.90. The minimum absolute atomic E-state index is 0.0300. The van der Waals surface area contributed by atoms with Crippen LogP contribution in [0.25, 0.3) is 44.3 Å². The molecule has 3 heterocycles. The lowest BCUT2D eigenvalue weighted by atomic mass is 9.92. The number of imidazole rings is 1. The third-order valence-corrected chi connectivity index (χ3v) is 13.9. The van der Waals surface area contributed by atoms with Crippen molar-refractivity contribution in [3.8, 4) is 22.4 Å². The molecule has 3 aromatic heterocycles. The van der Waals surface area contributed by atoms with Crippen molar-refractivity contribution >= 4 is 30.3 Å². The smallest absolute Gasteiger partial charge is 0.329 e. The second-order valence-electron chi connectivity index (χ2n) is 13.0. The number of hydrogen-bond donors (Lipinski definition) is 0. The average molecular weight is 565 g/mol. The second kappa shape index (κ2) is 10.4. The van der Waals surface area contributed by atoms with Crippen molar-refractivity contribution in [1.29, 1.82) is 0 Å². The van der Waals surface area contributed by atoms with E-state index in [0.717, 1.165) is 70.0 Å². The van der Waals surface area contributed by atoms with Gasteiger partial charge in [0, 0.05) is 41.9 Å². The van der Waals surface area contributed by atoms with Gasteiger partial charge in [-0.05, 0) is 67.6 Å². The minimum Gasteiger partial charge on any atom is -0.414 e. The van der Waals surface area contributed by atoms with Crippen molar-refractivity contribution in [2.45, 2.75) is 76.7 Å². The summed E-state index contributed by atoms with van der Waals surface area (Å²) in [6.45, 7) is 11.5. The fourth-order valence-corrected chi connectivity index (χ4v) is 7.33. The highest BCUT2D eigenvalue weighted by atomic mass is 28.4. The van der Waals surface area contributed by atoms with E-state index in [1.807, 2.05) is 42.2 Å². The van der Waals surface area contributed by atoms with Crippen LogP contribution in [0, 0.1) is 0 Å². The molecule has 2 aromatic carbocycles. The number of aryl methyl sites for hydroxylation is 1. The van der Waals surface area contributed by atoms with Gasteiger partial charge >= 0.3 is 5.69 Å². The molecule has 5 aromatic rings. The monoisotopic (exact) mass is 564 g/mol. The van der Waals surface area contributed by atoms with E-state index < -0.39 is 8.32 Å². The van der Waals surface area contributed by atoms with Crippen LogP contribution in [0.4, 0.5) is 0 Å². The Hall–Kier alpha value is -3.55. The van der Waals surface area contributed by atoms with Gasteiger partial charge in [-0.2, -0.15) is 0 Å². The normalized spacial score (nSPS) is 18.3. The van der Waals surface area contributed by atoms with Gasteiger partial charge in [0.1, 0.15) is 0 Å². The van der Waals surface area contributed by atoms with Gasteiger partial charge in [-0.3, -0.25) is 19.1 Å². The summed E-state index contributed by atoms with van der Waals surface area (Å²) < 4.78 is 10.5. The van der Waals surface area contributed by atoms with E-state index in [1.54, 1.807) is 4.57 Å². The Balaban J connectivity index is 1.35. The number of benzene rings is 2. The molecule has 7 heteroatoms. The zero-order valence-corrected chi connectivity index (χ0v) is 26.0. The average Bonchev–Trinajstić information content (AvgIpc) is 3.23. The summed E-state index contributed by atoms with van der Waals surface area (Å²) in [5.74, 6) is 0. The maximum atomic E-state index is 13.7. The van der Waals surface area contributed by atoms with Gasteiger partial charge in [-0.15, -0.1) is 0 Å². The van der Waals surface area contributed by atoms with Crippen LogP contribution in [0.3, 0.4) is 0 Å². The van der Waals surface area contributed by atoms with Crippen molar-refractivity contribution in [1.82, 2.24) is 19.1 Å². The van der Waals surface area contributed by atoms with Crippen LogP contribution < -0.4 is 5.69 Å². The van der Waals surface area contributed by atoms with E-state index in [9.17, 15) is 4.79 Å². The Kier molecular flexibility index (Phi) is 6.98. The number of hydrogen-bond acceptors (Lipinski definition) is 4. The van der Waals surface area contributed by atoms with Crippen LogP contribution in [0.1, 0.15) is 52.5 Å². The molecule has 1 aliphatic rings. The molecular weight excluding hydrogens is 524 g/mol. The SMILES string of the molecule is Cn1c(=O)n([C@H]2CC[C@H](O[Si](C)(C)C(C)(C)C)CC2)c2c3cc(-c4ccc(-c5ccccc5)nc4)ccc3ncc21. The zero-order valence-electron chi connectivity index (χ0n) is 25.0. The minimum atomic E-state index is -1.83. The lowest BCUT2D eigenvalue weighted by molar-refractivity contribution is 0.118. The number of nitrogens with zero attached hydrogens (tertiary/aromatic N) is 4. The van der Waals surface area contributed by atoms with Crippen LogP contribution in [-0.2, 0) is 11.5 Å². The first-order valence-electron chi connectivity index (χ1n) is 14.7. The summed E-state index contributed by atoms with van der Waals surface area (Å²) in [6.07, 6.45) is 7.88. The Morgan fingerprint density at radius 2 is 1.56 bits per heavy atom. The fraction of sp³-hybridized carbons (Fsp3) is 0.382. The number of aromatic nitrogens is 4. The molecule has 0 unspecified atom stereocenters. The first-order chi connectivity index (χ1) is 19.5. The molecule has 6 rings (SSSR count). The summed E-state index contributed by atoms with van der Waals surface area (Å²) in [7, 11) is 0.0301. The van der Waals surface area contributed by atoms with E-state index in [4.69, 9.17) is 14.4 Å². The van der Waals surface area contributed by atoms with Crippen LogP contribution >= 0.6 is 0 Å². The highest BCUT2D eigenvalue weighted by Gasteiger charge is 2.40. The molecule has 1 aliphatic carbocycles. The molecule has 1 saturated carbocycles. The standard InChI is InChI=1S/C34H40N4O2Si/c1-34(2,3)41(5,6)40-27-16-14-26(15-17-27)38-32-28-20-24(12-19-30(28)36-22-31(32)37(4)33(38)39)25-13-18-29(35-21-25)23-10-8-7-9-11-23/h7-13,18-22,26-27H,14-17H2,1-6H3/t26-,27-. The Bertz CT molecular complexity index is 1760. The predicted octanol–water partition coefficient (Wildman–Crippen LogP) is 8.12. The molecule has 0 atom stereocenters. The first kappa shape index (κ1) is 27.6. The molecule has 41 heavy (non-hydrogen) atoms. The van der Waals surface area contributed by atoms with Gasteiger partial charge in [0.25, 0.3) is 0 Å². The molecule has 0 saturated heterocycles. The Morgan fingerprint density at radius 3 is 2.22 bits per heavy atom. The van der Waals surface area contributed by atoms with E-state index >= 15 is 0 Å². The van der Waals surface area contributed by atoms with Crippen molar-refractivity contribution < 1.29 is 4.43 Å². The van der Waals surface area contributed by atoms with Gasteiger partial charge in [0.2, 0.25) is 0 Å². The van der Waals surface area contributed by atoms with Gasteiger partial charge in [0.15, 0.2) is 8.32 Å². The second-order valence-corrected chi connectivity index (χ2v) is 17.8. The van der Waals surface area contributed by atoms with Crippen molar-refractivity contribution in [2.24, 2.45) is 7.05 Å². The first-order valence-corrected chi connectivity index (χ1v) is 17.6. The van der Waals surface area contributed by atoms with Crippen LogP contribution in [0.5, 0.6) is 0 Å². The lowest BCUT2D eigenvalue weighted by Gasteiger charge is -2.41. The third kappa shape index (κ3) is 5.06. The van der Waals surface area contributed by atoms with Crippen molar-refractivity contribution in [3.63, 3.8) is 0 Å². The van der Waals surface area contributed by atoms with Gasteiger partial charge in [0.05, 0.1) is 28.4 Å². The molecule has 1 fully saturated rings. The Labute approximate surface area is 243 Å². The summed E-state index contributed by atoms with van der Waals surface area (Å²) in [4.78, 5) is 23.1. The summed E-state index contributed by atoms with van der Waals surface area (Å²) in [5, 5.41) is 1.20. The van der Waals surface area contributed by atoms with Gasteiger partial charge in [-0.1, -0.05) is 63.2 Å². The number of fused-ring (bicyclic) bond motifs is 3. The van der Waals surface area contributed by atoms with Crippen LogP contribution in [0.15, 0.2) is 77.9 Å². The highest BCUT2D eigenvalue weighted by Crippen LogP contribution is 2.41. The third-order valence-electron chi connectivity index (χ3n) is 9.36. The van der Waals surface area contributed by atoms with E-state index in [2.05, 4.69) is 76.3 Å². The zero-order chi connectivity index (χ0) is 28.9. The maximum Gasteiger partial charge on any atom is 0.329 e. The molecule has 212 valence electrons. The van der Waals surface area contributed by atoms with Gasteiger partial charge in [-0.25, -0.2) is 4.79 Å². The molecular formula is C34H40N4O2Si. The van der Waals surface area contributed by atoms with E-state index in [-0.39, 0.29) is 22.9 Å². The maximum absolute atomic E-state index is 13.7. The molecule has 0 N–H and O–H groups in total. The number of pyridine rings is 2. The Morgan fingerprint density at radius 1 is 0.854 bits per heavy atom. The summed E-state index contributed by atoms with van der Waals surface area (Å²) in [5.41, 5.74) is 6.92. The molecule has 0 radical (unpaired) electrons. The summed E-state index contributed by atoms with van der Waals surface area (Å²) >= 11 is 0. The van der Waals surface area contributed by atoms with Crippen molar-refractivity contribution in [3.05, 3.63) is 83.5 Å². The van der Waals surface area contributed by atoms with Crippen LogP contribution in [0.2, 0.25) is 18.1 Å². The number of rotatable bonds is 5. The summed E-state index contributed by atoms with van der Waals surface area (Å²) in [6, 6.07) is 20.9. The van der Waals surface area contributed by atoms with Crippen LogP contribution in [-0.4, -0.2) is 33.5 Å². The highest BCUT2D eigenvalue weighted by molar-refractivity contribution is 6.74. The van der Waals surface area contributed by atoms with Gasteiger partial charge < -0.3 is 4.43 Å². The molecule has 0 aliphatic heterocycles. The molecule has 0 amide bonds. The van der Waals surface area contributed by atoms with Crippen molar-refractivity contribution in [2.75, 3.05) is 0 Å². The molecule has 0 spiro atoms. The molecule has 0 bridgehead atoms. The molecule has 6 nitrogen and oxygen atoms in total. The topological polar surface area (TPSA) is 61.9 Å². The quantitative estimate of drug-likeness (QED) is 0.202.